The van der Waals surface area contributed by atoms with Gasteiger partial charge in [-0.1, -0.05) is 17.8 Å². The van der Waals surface area contributed by atoms with Gasteiger partial charge in [-0.2, -0.15) is 8.42 Å². The van der Waals surface area contributed by atoms with Gasteiger partial charge in [0, 0.05) is 71.1 Å². The van der Waals surface area contributed by atoms with Crippen molar-refractivity contribution >= 4 is 64.1 Å². The van der Waals surface area contributed by atoms with Crippen molar-refractivity contribution in [3.63, 3.8) is 0 Å². The molecular formula is C25H31N5O6S4. The number of H-pyrrole nitrogens is 1. The molecule has 2 aliphatic heterocycles. The first-order valence-electron chi connectivity index (χ1n) is 12.8. The van der Waals surface area contributed by atoms with Crippen LogP contribution in [0.1, 0.15) is 12.1 Å². The van der Waals surface area contributed by atoms with E-state index in [1.165, 1.54) is 18.5 Å². The molecule has 4 heterocycles. The second-order valence-corrected chi connectivity index (χ2v) is 16.6. The smallest absolute Gasteiger partial charge is 0.279 e. The molecule has 2 aromatic heterocycles. The number of hydrogen-bond donors (Lipinski definition) is 2. The first-order chi connectivity index (χ1) is 19.1. The van der Waals surface area contributed by atoms with Crippen molar-refractivity contribution in [2.45, 2.75) is 16.7 Å². The molecular weight excluding hydrogens is 595 g/mol. The van der Waals surface area contributed by atoms with Crippen LogP contribution in [0.4, 0.5) is 5.69 Å². The summed E-state index contributed by atoms with van der Waals surface area (Å²) in [4.78, 5) is 14.4. The van der Waals surface area contributed by atoms with Crippen LogP contribution in [0.3, 0.4) is 0 Å². The van der Waals surface area contributed by atoms with Crippen molar-refractivity contribution in [2.24, 2.45) is 4.99 Å². The van der Waals surface area contributed by atoms with Crippen LogP contribution in [0, 0.1) is 0 Å². The van der Waals surface area contributed by atoms with E-state index in [2.05, 4.69) is 19.6 Å². The van der Waals surface area contributed by atoms with E-state index in [0.717, 1.165) is 35.8 Å². The molecule has 216 valence electrons. The molecule has 15 heteroatoms. The van der Waals surface area contributed by atoms with Crippen molar-refractivity contribution in [1.82, 2.24) is 14.9 Å². The summed E-state index contributed by atoms with van der Waals surface area (Å²) in [6.07, 6.45) is 2.90. The van der Waals surface area contributed by atoms with Gasteiger partial charge in [-0.3, -0.25) is 13.9 Å². The zero-order valence-corrected chi connectivity index (χ0v) is 25.2. The zero-order chi connectivity index (χ0) is 28.3. The van der Waals surface area contributed by atoms with Crippen LogP contribution in [-0.2, 0) is 30.7 Å². The van der Waals surface area contributed by atoms with E-state index < -0.39 is 30.7 Å². The number of thioether (sulfide) groups is 1. The Labute approximate surface area is 240 Å². The highest BCUT2D eigenvalue weighted by molar-refractivity contribution is 8.15. The van der Waals surface area contributed by atoms with Crippen LogP contribution in [0.15, 0.2) is 52.6 Å². The molecule has 0 aliphatic carbocycles. The number of anilines is 1. The molecule has 3 aromatic rings. The Balaban J connectivity index is 1.37. The summed E-state index contributed by atoms with van der Waals surface area (Å²) in [6, 6.07) is 9.93. The number of aromatic amines is 1. The summed E-state index contributed by atoms with van der Waals surface area (Å²) >= 11 is 1.68. The number of aromatic nitrogens is 2. The van der Waals surface area contributed by atoms with Crippen LogP contribution >= 0.6 is 11.8 Å². The largest absolute Gasteiger partial charge is 0.493 e. The number of sulfonamides is 1. The third-order valence-corrected chi connectivity index (χ3v) is 11.3. The van der Waals surface area contributed by atoms with Crippen LogP contribution < -0.4 is 9.46 Å². The summed E-state index contributed by atoms with van der Waals surface area (Å²) in [5.74, 6) is 1.83. The summed E-state index contributed by atoms with van der Waals surface area (Å²) < 4.78 is 69.3. The third kappa shape index (κ3) is 7.43. The molecule has 5 rings (SSSR count). The molecule has 11 nitrogen and oxygen atoms in total. The summed E-state index contributed by atoms with van der Waals surface area (Å²) in [5, 5.41) is 1.73. The molecule has 40 heavy (non-hydrogen) atoms. The van der Waals surface area contributed by atoms with Crippen molar-refractivity contribution in [3.05, 3.63) is 48.3 Å². The van der Waals surface area contributed by atoms with Gasteiger partial charge < -0.3 is 14.6 Å². The monoisotopic (exact) mass is 625 g/mol. The minimum Gasteiger partial charge on any atom is -0.493 e. The predicted octanol–water partition coefficient (Wildman–Crippen LogP) is 2.10. The van der Waals surface area contributed by atoms with Gasteiger partial charge in [-0.25, -0.2) is 13.4 Å². The number of aliphatic imine (C=N–C) groups is 1. The summed E-state index contributed by atoms with van der Waals surface area (Å²) in [6.45, 7) is 3.37. The number of hydrogen-bond acceptors (Lipinski definition) is 10. The van der Waals surface area contributed by atoms with Gasteiger partial charge in [0.1, 0.15) is 20.6 Å². The fourth-order valence-corrected chi connectivity index (χ4v) is 8.44. The number of ether oxygens (including phenoxy) is 1. The van der Waals surface area contributed by atoms with Crippen molar-refractivity contribution in [3.8, 4) is 5.75 Å². The highest BCUT2D eigenvalue weighted by atomic mass is 32.2. The van der Waals surface area contributed by atoms with Gasteiger partial charge in [0.2, 0.25) is 0 Å². The van der Waals surface area contributed by atoms with Gasteiger partial charge in [0.15, 0.2) is 5.03 Å². The van der Waals surface area contributed by atoms with E-state index in [4.69, 9.17) is 9.73 Å². The minimum absolute atomic E-state index is 0.00376. The fraction of sp³-hybridized carbons (Fsp3) is 0.440. The summed E-state index contributed by atoms with van der Waals surface area (Å²) in [5.41, 5.74) is 1.63. The first kappa shape index (κ1) is 29.0. The zero-order valence-electron chi connectivity index (χ0n) is 21.9. The maximum Gasteiger partial charge on any atom is 0.279 e. The highest BCUT2D eigenvalue weighted by Gasteiger charge is 2.27. The molecule has 1 aromatic carbocycles. The second kappa shape index (κ2) is 12.2. The van der Waals surface area contributed by atoms with Gasteiger partial charge >= 0.3 is 0 Å². The average molecular weight is 626 g/mol. The highest BCUT2D eigenvalue weighted by Crippen LogP contribution is 2.34. The standard InChI is InChI=1S/C25H31N5O6S4/c1-39(32,33)12-4-9-36-19-13-18-14-22(25-27-16-20(37-25)17-30-7-10-38(31)11-8-30)28-24(18)21(15-19)29-40(34,35)23-5-2-3-6-26-23/h2-3,5-6,13-15,20,28-29H,4,7-12,16-17H2,1H3. The van der Waals surface area contributed by atoms with Gasteiger partial charge in [-0.15, -0.1) is 0 Å². The van der Waals surface area contributed by atoms with Gasteiger partial charge in [0.05, 0.1) is 35.8 Å². The predicted molar refractivity (Wildman–Crippen MR) is 160 cm³/mol. The van der Waals surface area contributed by atoms with Crippen LogP contribution in [0.5, 0.6) is 5.75 Å². The van der Waals surface area contributed by atoms with Crippen LogP contribution in [0.2, 0.25) is 0 Å². The average Bonchev–Trinajstić information content (AvgIpc) is 3.55. The molecule has 1 fully saturated rings. The Bertz CT molecular complexity index is 1630. The van der Waals surface area contributed by atoms with E-state index in [1.807, 2.05) is 6.07 Å². The maximum atomic E-state index is 13.1. The Morgan fingerprint density at radius 2 is 1.98 bits per heavy atom. The molecule has 2 N–H and O–H groups in total. The molecule has 0 spiro atoms. The van der Waals surface area contributed by atoms with Crippen LogP contribution in [-0.4, -0.2) is 103 Å². The number of sulfone groups is 1. The molecule has 0 bridgehead atoms. The fourth-order valence-electron chi connectivity index (χ4n) is 4.52. The number of benzene rings is 1. The minimum atomic E-state index is -3.98. The van der Waals surface area contributed by atoms with Crippen LogP contribution in [0.25, 0.3) is 10.9 Å². The lowest BCUT2D eigenvalue weighted by molar-refractivity contribution is 0.302. The number of nitrogens with zero attached hydrogens (tertiary/aromatic N) is 3. The third-order valence-electron chi connectivity index (χ3n) is 6.47. The molecule has 1 unspecified atom stereocenters. The van der Waals surface area contributed by atoms with Gasteiger partial charge in [0.25, 0.3) is 10.0 Å². The van der Waals surface area contributed by atoms with E-state index in [9.17, 15) is 21.0 Å². The summed E-state index contributed by atoms with van der Waals surface area (Å²) in [7, 11) is -7.81. The molecule has 1 saturated heterocycles. The van der Waals surface area contributed by atoms with E-state index in [1.54, 1.807) is 36.0 Å². The quantitative estimate of drug-likeness (QED) is 0.305. The number of nitrogens with one attached hydrogen (secondary N) is 2. The van der Waals surface area contributed by atoms with Crippen molar-refractivity contribution in [2.75, 3.05) is 61.0 Å². The molecule has 2 aliphatic rings. The first-order valence-corrected chi connectivity index (χ1v) is 18.7. The Morgan fingerprint density at radius 3 is 2.70 bits per heavy atom. The van der Waals surface area contributed by atoms with Crippen molar-refractivity contribution in [1.29, 1.82) is 0 Å². The number of pyridine rings is 1. The Morgan fingerprint density at radius 1 is 1.18 bits per heavy atom. The topological polar surface area (TPSA) is 151 Å². The Hall–Kier alpha value is -2.46. The van der Waals surface area contributed by atoms with Crippen molar-refractivity contribution < 1.29 is 25.8 Å². The molecule has 0 radical (unpaired) electrons. The number of fused-ring (bicyclic) bond motifs is 1. The Kier molecular flexibility index (Phi) is 8.85. The van der Waals surface area contributed by atoms with E-state index in [-0.39, 0.29) is 28.3 Å². The number of rotatable bonds is 11. The molecule has 0 amide bonds. The lowest BCUT2D eigenvalue weighted by Crippen LogP contribution is -2.41. The maximum absolute atomic E-state index is 13.1. The lowest BCUT2D eigenvalue weighted by Gasteiger charge is -2.27. The lowest BCUT2D eigenvalue weighted by atomic mass is 10.2. The van der Waals surface area contributed by atoms with Gasteiger partial charge in [-0.05, 0) is 30.7 Å². The second-order valence-electron chi connectivity index (χ2n) is 9.76. The van der Waals surface area contributed by atoms with E-state index >= 15 is 0 Å². The normalized spacial score (nSPS) is 19.1. The SMILES string of the molecule is CS(=O)(=O)CCCOc1cc(NS(=O)(=O)c2ccccn2)c2[nH]c(C3=NCC(CN4CCS(=O)CC4)S3)cc2c1. The molecule has 0 saturated carbocycles. The van der Waals surface area contributed by atoms with E-state index in [0.29, 0.717) is 35.7 Å². The molecule has 1 atom stereocenters.